The summed E-state index contributed by atoms with van der Waals surface area (Å²) < 4.78 is 58.3. The van der Waals surface area contributed by atoms with Crippen molar-refractivity contribution in [2.75, 3.05) is 5.32 Å². The average Bonchev–Trinajstić information content (AvgIpc) is 3.27. The number of rotatable bonds is 5. The quantitative estimate of drug-likeness (QED) is 0.282. The number of halogens is 4. The molecule has 0 atom stereocenters. The molecule has 5 rings (SSSR count). The van der Waals surface area contributed by atoms with E-state index >= 15 is 0 Å². The van der Waals surface area contributed by atoms with Gasteiger partial charge in [0.15, 0.2) is 5.82 Å². The Morgan fingerprint density at radius 2 is 1.76 bits per heavy atom. The molecule has 0 saturated heterocycles. The fourth-order valence-corrected chi connectivity index (χ4v) is 3.37. The van der Waals surface area contributed by atoms with E-state index in [0.717, 1.165) is 12.1 Å². The fraction of sp³-hybridized carbons (Fsp3) is 0.0417. The van der Waals surface area contributed by atoms with E-state index in [1.807, 2.05) is 0 Å². The van der Waals surface area contributed by atoms with Gasteiger partial charge in [0.2, 0.25) is 5.95 Å². The van der Waals surface area contributed by atoms with Gasteiger partial charge in [-0.15, -0.1) is 5.10 Å². The van der Waals surface area contributed by atoms with Gasteiger partial charge < -0.3 is 10.1 Å². The Morgan fingerprint density at radius 1 is 0.912 bits per heavy atom. The van der Waals surface area contributed by atoms with Crippen LogP contribution in [0.5, 0.6) is 11.5 Å². The summed E-state index contributed by atoms with van der Waals surface area (Å²) in [6, 6.07) is 17.7. The molecule has 170 valence electrons. The summed E-state index contributed by atoms with van der Waals surface area (Å²) in [4.78, 5) is 8.46. The van der Waals surface area contributed by atoms with Gasteiger partial charge in [-0.3, -0.25) is 10.1 Å². The molecule has 10 heteroatoms. The smallest absolute Gasteiger partial charge is 0.416 e. The second kappa shape index (κ2) is 8.47. The van der Waals surface area contributed by atoms with E-state index in [9.17, 15) is 17.6 Å². The molecule has 0 amide bonds. The van der Waals surface area contributed by atoms with Gasteiger partial charge in [0.1, 0.15) is 17.3 Å². The minimum atomic E-state index is -4.45. The SMILES string of the molecule is Fc1ccc2c(Oc3cccc(-c4nc(Nc5cccc(C(F)(F)F)c5)n[nH]4)c3)ccnc2c1. The van der Waals surface area contributed by atoms with Gasteiger partial charge in [0.25, 0.3) is 0 Å². The van der Waals surface area contributed by atoms with Gasteiger partial charge in [-0.05, 0) is 48.5 Å². The molecule has 2 heterocycles. The van der Waals surface area contributed by atoms with E-state index in [4.69, 9.17) is 4.74 Å². The number of nitrogens with one attached hydrogen (secondary N) is 2. The number of alkyl halides is 3. The Balaban J connectivity index is 1.37. The van der Waals surface area contributed by atoms with Gasteiger partial charge in [-0.1, -0.05) is 18.2 Å². The van der Waals surface area contributed by atoms with Crippen LogP contribution < -0.4 is 10.1 Å². The monoisotopic (exact) mass is 465 g/mol. The van der Waals surface area contributed by atoms with Crippen molar-refractivity contribution >= 4 is 22.5 Å². The van der Waals surface area contributed by atoms with E-state index in [2.05, 4.69) is 25.5 Å². The van der Waals surface area contributed by atoms with Gasteiger partial charge >= 0.3 is 6.18 Å². The third-order valence-corrected chi connectivity index (χ3v) is 4.93. The number of fused-ring (bicyclic) bond motifs is 1. The molecule has 0 aliphatic heterocycles. The highest BCUT2D eigenvalue weighted by molar-refractivity contribution is 5.85. The molecular weight excluding hydrogens is 450 g/mol. The molecule has 0 fully saturated rings. The van der Waals surface area contributed by atoms with Crippen LogP contribution in [-0.4, -0.2) is 20.2 Å². The molecule has 2 N–H and O–H groups in total. The molecule has 0 bridgehead atoms. The highest BCUT2D eigenvalue weighted by atomic mass is 19.4. The number of pyridine rings is 1. The van der Waals surface area contributed by atoms with Crippen LogP contribution in [0.1, 0.15) is 5.56 Å². The van der Waals surface area contributed by atoms with Crippen LogP contribution in [0, 0.1) is 5.82 Å². The Hall–Kier alpha value is -4.47. The molecule has 0 unspecified atom stereocenters. The second-order valence-electron chi connectivity index (χ2n) is 7.31. The van der Waals surface area contributed by atoms with E-state index < -0.39 is 11.7 Å². The summed E-state index contributed by atoms with van der Waals surface area (Å²) in [7, 11) is 0. The number of H-pyrrole nitrogens is 1. The predicted molar refractivity (Wildman–Crippen MR) is 118 cm³/mol. The highest BCUT2D eigenvalue weighted by Gasteiger charge is 2.30. The van der Waals surface area contributed by atoms with Crippen molar-refractivity contribution in [1.82, 2.24) is 20.2 Å². The highest BCUT2D eigenvalue weighted by Crippen LogP contribution is 2.32. The van der Waals surface area contributed by atoms with E-state index in [1.54, 1.807) is 36.4 Å². The summed E-state index contributed by atoms with van der Waals surface area (Å²) in [6.07, 6.45) is -2.92. The molecule has 0 saturated carbocycles. The summed E-state index contributed by atoms with van der Waals surface area (Å²) in [5.41, 5.74) is 0.545. The molecule has 3 aromatic carbocycles. The predicted octanol–water partition coefficient (Wildman–Crippen LogP) is 6.71. The zero-order chi connectivity index (χ0) is 23.7. The standard InChI is InChI=1S/C24H15F4N5O/c25-16-7-8-19-20(13-16)29-10-9-21(19)34-18-6-1-3-14(11-18)22-31-23(33-32-22)30-17-5-2-4-15(12-17)24(26,27)28/h1-13H,(H2,30,31,32,33). The van der Waals surface area contributed by atoms with Crippen LogP contribution in [0.3, 0.4) is 0 Å². The maximum atomic E-state index is 13.5. The Labute approximate surface area is 190 Å². The first-order valence-corrected chi connectivity index (χ1v) is 10.0. The van der Waals surface area contributed by atoms with Crippen molar-refractivity contribution in [3.8, 4) is 22.9 Å². The minimum absolute atomic E-state index is 0.114. The molecule has 0 aliphatic rings. The van der Waals surface area contributed by atoms with E-state index in [0.29, 0.717) is 33.8 Å². The summed E-state index contributed by atoms with van der Waals surface area (Å²) >= 11 is 0. The zero-order valence-corrected chi connectivity index (χ0v) is 17.3. The Morgan fingerprint density at radius 3 is 2.62 bits per heavy atom. The van der Waals surface area contributed by atoms with Crippen molar-refractivity contribution in [2.45, 2.75) is 6.18 Å². The van der Waals surface area contributed by atoms with Crippen LogP contribution in [0.25, 0.3) is 22.3 Å². The lowest BCUT2D eigenvalue weighted by Gasteiger charge is -2.09. The van der Waals surface area contributed by atoms with Crippen molar-refractivity contribution in [1.29, 1.82) is 0 Å². The van der Waals surface area contributed by atoms with Crippen molar-refractivity contribution < 1.29 is 22.3 Å². The van der Waals surface area contributed by atoms with Gasteiger partial charge in [-0.25, -0.2) is 4.39 Å². The van der Waals surface area contributed by atoms with Crippen LogP contribution >= 0.6 is 0 Å². The molecule has 0 spiro atoms. The van der Waals surface area contributed by atoms with Gasteiger partial charge in [0.05, 0.1) is 11.1 Å². The molecular formula is C24H15F4N5O. The normalized spacial score (nSPS) is 11.5. The van der Waals surface area contributed by atoms with Crippen molar-refractivity contribution in [3.05, 3.63) is 90.4 Å². The van der Waals surface area contributed by atoms with Gasteiger partial charge in [-0.2, -0.15) is 18.2 Å². The number of benzene rings is 3. The maximum Gasteiger partial charge on any atom is 0.416 e. The number of nitrogens with zero attached hydrogens (tertiary/aromatic N) is 3. The Bertz CT molecular complexity index is 1480. The maximum absolute atomic E-state index is 13.5. The third-order valence-electron chi connectivity index (χ3n) is 4.93. The third kappa shape index (κ3) is 4.51. The number of hydrogen-bond acceptors (Lipinski definition) is 5. The van der Waals surface area contributed by atoms with Crippen molar-refractivity contribution in [2.24, 2.45) is 0 Å². The van der Waals surface area contributed by atoms with E-state index in [1.165, 1.54) is 30.5 Å². The summed E-state index contributed by atoms with van der Waals surface area (Å²) in [6.45, 7) is 0. The van der Waals surface area contributed by atoms with E-state index in [-0.39, 0.29) is 17.5 Å². The summed E-state index contributed by atoms with van der Waals surface area (Å²) in [5.74, 6) is 1.12. The first-order valence-electron chi connectivity index (χ1n) is 10.0. The first kappa shape index (κ1) is 21.4. The second-order valence-corrected chi connectivity index (χ2v) is 7.31. The average molecular weight is 465 g/mol. The molecule has 0 aliphatic carbocycles. The van der Waals surface area contributed by atoms with Crippen LogP contribution in [-0.2, 0) is 6.18 Å². The number of anilines is 2. The van der Waals surface area contributed by atoms with Crippen LogP contribution in [0.15, 0.2) is 79.0 Å². The molecule has 6 nitrogen and oxygen atoms in total. The number of aromatic nitrogens is 4. The van der Waals surface area contributed by atoms with Gasteiger partial charge in [0, 0.05) is 28.9 Å². The fourth-order valence-electron chi connectivity index (χ4n) is 3.37. The lowest BCUT2D eigenvalue weighted by Crippen LogP contribution is -2.05. The first-order chi connectivity index (χ1) is 16.3. The van der Waals surface area contributed by atoms with Crippen molar-refractivity contribution in [3.63, 3.8) is 0 Å². The molecule has 34 heavy (non-hydrogen) atoms. The van der Waals surface area contributed by atoms with Crippen LogP contribution in [0.4, 0.5) is 29.2 Å². The number of aromatic amines is 1. The Kier molecular flexibility index (Phi) is 5.33. The largest absolute Gasteiger partial charge is 0.457 e. The number of hydrogen-bond donors (Lipinski definition) is 2. The lowest BCUT2D eigenvalue weighted by molar-refractivity contribution is -0.137. The molecule has 5 aromatic rings. The van der Waals surface area contributed by atoms with Crippen LogP contribution in [0.2, 0.25) is 0 Å². The topological polar surface area (TPSA) is 75.7 Å². The lowest BCUT2D eigenvalue weighted by atomic mass is 10.2. The molecule has 0 radical (unpaired) electrons. The number of ether oxygens (including phenoxy) is 1. The summed E-state index contributed by atoms with van der Waals surface area (Å²) in [5, 5.41) is 10.2. The minimum Gasteiger partial charge on any atom is -0.457 e. The zero-order valence-electron chi connectivity index (χ0n) is 17.3. The molecule has 2 aromatic heterocycles.